The summed E-state index contributed by atoms with van der Waals surface area (Å²) in [6.07, 6.45) is 5.16. The Labute approximate surface area is 101 Å². The zero-order valence-electron chi connectivity index (χ0n) is 10.0. The fourth-order valence-electron chi connectivity index (χ4n) is 3.41. The van der Waals surface area contributed by atoms with Crippen molar-refractivity contribution < 1.29 is 9.59 Å². The molecule has 17 heavy (non-hydrogen) atoms. The molecular weight excluding hydrogens is 218 g/mol. The first kappa shape index (κ1) is 11.0. The zero-order valence-corrected chi connectivity index (χ0v) is 10.0. The lowest BCUT2D eigenvalue weighted by atomic mass is 9.96. The predicted molar refractivity (Wildman–Crippen MR) is 62.5 cm³/mol. The zero-order chi connectivity index (χ0) is 11.8. The monoisotopic (exact) mass is 237 g/mol. The van der Waals surface area contributed by atoms with Crippen LogP contribution in [0.2, 0.25) is 0 Å². The third kappa shape index (κ3) is 2.04. The van der Waals surface area contributed by atoms with Gasteiger partial charge in [-0.25, -0.2) is 4.79 Å². The largest absolute Gasteiger partial charge is 0.324 e. The van der Waals surface area contributed by atoms with Crippen molar-refractivity contribution in [1.29, 1.82) is 0 Å². The quantitative estimate of drug-likeness (QED) is 0.725. The van der Waals surface area contributed by atoms with Gasteiger partial charge in [-0.05, 0) is 32.2 Å². The molecule has 0 aromatic heterocycles. The molecule has 0 spiro atoms. The second kappa shape index (κ2) is 4.29. The highest BCUT2D eigenvalue weighted by Crippen LogP contribution is 2.29. The van der Waals surface area contributed by atoms with Gasteiger partial charge in [0.15, 0.2) is 0 Å². The minimum Gasteiger partial charge on any atom is -0.321 e. The van der Waals surface area contributed by atoms with Gasteiger partial charge in [0.25, 0.3) is 0 Å². The molecule has 3 fully saturated rings. The predicted octanol–water partition coefficient (Wildman–Crippen LogP) is 0.555. The highest BCUT2D eigenvalue weighted by atomic mass is 16.2. The summed E-state index contributed by atoms with van der Waals surface area (Å²) < 4.78 is 0. The van der Waals surface area contributed by atoms with Crippen molar-refractivity contribution in [2.75, 3.05) is 19.6 Å². The van der Waals surface area contributed by atoms with E-state index < -0.39 is 0 Å². The maximum Gasteiger partial charge on any atom is 0.324 e. The molecule has 1 N–H and O–H groups in total. The lowest BCUT2D eigenvalue weighted by molar-refractivity contribution is -0.121. The number of urea groups is 1. The van der Waals surface area contributed by atoms with E-state index in [1.54, 1.807) is 0 Å². The fraction of sp³-hybridized carbons (Fsp3) is 0.833. The molecule has 94 valence electrons. The first-order valence-corrected chi connectivity index (χ1v) is 6.58. The second-order valence-corrected chi connectivity index (χ2v) is 5.31. The standard InChI is InChI=1S/C12H19N3O2/c16-11-4-7-15(12(17)13-11)10-3-6-14-5-1-2-9(14)8-10/h9-10H,1-8H2,(H,13,16,17). The van der Waals surface area contributed by atoms with Gasteiger partial charge in [-0.1, -0.05) is 0 Å². The molecule has 0 bridgehead atoms. The molecule has 0 aromatic rings. The molecule has 3 amide bonds. The second-order valence-electron chi connectivity index (χ2n) is 5.31. The van der Waals surface area contributed by atoms with Crippen LogP contribution in [0, 0.1) is 0 Å². The van der Waals surface area contributed by atoms with E-state index in [0.29, 0.717) is 25.0 Å². The van der Waals surface area contributed by atoms with Crippen LogP contribution in [0.25, 0.3) is 0 Å². The third-order valence-corrected chi connectivity index (χ3v) is 4.32. The number of amides is 3. The van der Waals surface area contributed by atoms with Crippen molar-refractivity contribution in [2.45, 2.75) is 44.2 Å². The number of rotatable bonds is 1. The first-order chi connectivity index (χ1) is 8.24. The summed E-state index contributed by atoms with van der Waals surface area (Å²) >= 11 is 0. The van der Waals surface area contributed by atoms with Gasteiger partial charge in [0, 0.05) is 31.6 Å². The molecule has 2 unspecified atom stereocenters. The lowest BCUT2D eigenvalue weighted by Crippen LogP contribution is -2.56. The minimum atomic E-state index is -0.183. The average molecular weight is 237 g/mol. The summed E-state index contributed by atoms with van der Waals surface area (Å²) in [5.74, 6) is -0.135. The van der Waals surface area contributed by atoms with Crippen LogP contribution in [0.1, 0.15) is 32.1 Å². The van der Waals surface area contributed by atoms with Crippen molar-refractivity contribution in [3.05, 3.63) is 0 Å². The molecule has 0 aliphatic carbocycles. The third-order valence-electron chi connectivity index (χ3n) is 4.32. The van der Waals surface area contributed by atoms with Gasteiger partial charge in [0.05, 0.1) is 0 Å². The Morgan fingerprint density at radius 1 is 1.06 bits per heavy atom. The number of fused-ring (bicyclic) bond motifs is 1. The van der Waals surface area contributed by atoms with Crippen LogP contribution in [0.4, 0.5) is 4.79 Å². The number of carbonyl (C=O) groups is 2. The molecule has 3 heterocycles. The Kier molecular flexibility index (Phi) is 2.78. The van der Waals surface area contributed by atoms with Crippen molar-refractivity contribution in [1.82, 2.24) is 15.1 Å². The number of carbonyl (C=O) groups excluding carboxylic acids is 2. The van der Waals surface area contributed by atoms with E-state index in [9.17, 15) is 9.59 Å². The van der Waals surface area contributed by atoms with Gasteiger partial charge in [-0.2, -0.15) is 0 Å². The fourth-order valence-corrected chi connectivity index (χ4v) is 3.41. The van der Waals surface area contributed by atoms with Crippen LogP contribution in [-0.4, -0.2) is 53.5 Å². The number of hydrogen-bond donors (Lipinski definition) is 1. The average Bonchev–Trinajstić information content (AvgIpc) is 2.75. The molecular formula is C12H19N3O2. The maximum atomic E-state index is 11.8. The maximum absolute atomic E-state index is 11.8. The van der Waals surface area contributed by atoms with E-state index >= 15 is 0 Å². The molecule has 2 atom stereocenters. The van der Waals surface area contributed by atoms with E-state index in [-0.39, 0.29) is 11.9 Å². The molecule has 0 aromatic carbocycles. The Morgan fingerprint density at radius 3 is 2.76 bits per heavy atom. The molecule has 0 radical (unpaired) electrons. The normalized spacial score (nSPS) is 34.7. The van der Waals surface area contributed by atoms with Crippen LogP contribution in [0.5, 0.6) is 0 Å². The van der Waals surface area contributed by atoms with Crippen LogP contribution < -0.4 is 5.32 Å². The van der Waals surface area contributed by atoms with E-state index in [0.717, 1.165) is 19.4 Å². The van der Waals surface area contributed by atoms with Gasteiger partial charge in [-0.3, -0.25) is 10.1 Å². The minimum absolute atomic E-state index is 0.135. The van der Waals surface area contributed by atoms with E-state index in [2.05, 4.69) is 10.2 Å². The molecule has 3 saturated heterocycles. The summed E-state index contributed by atoms with van der Waals surface area (Å²) in [5.41, 5.74) is 0. The van der Waals surface area contributed by atoms with Crippen molar-refractivity contribution in [3.8, 4) is 0 Å². The van der Waals surface area contributed by atoms with Gasteiger partial charge >= 0.3 is 6.03 Å². The number of piperidine rings is 1. The van der Waals surface area contributed by atoms with Crippen LogP contribution in [-0.2, 0) is 4.79 Å². The van der Waals surface area contributed by atoms with Gasteiger partial charge in [0.1, 0.15) is 0 Å². The van der Waals surface area contributed by atoms with E-state index in [4.69, 9.17) is 0 Å². The van der Waals surface area contributed by atoms with Crippen molar-refractivity contribution in [3.63, 3.8) is 0 Å². The van der Waals surface area contributed by atoms with Gasteiger partial charge in [0.2, 0.25) is 5.91 Å². The van der Waals surface area contributed by atoms with Crippen molar-refractivity contribution in [2.24, 2.45) is 0 Å². The summed E-state index contributed by atoms with van der Waals surface area (Å²) in [7, 11) is 0. The summed E-state index contributed by atoms with van der Waals surface area (Å²) in [4.78, 5) is 27.3. The molecule has 5 heteroatoms. The van der Waals surface area contributed by atoms with Crippen LogP contribution in [0.15, 0.2) is 0 Å². The number of nitrogens with one attached hydrogen (secondary N) is 1. The Balaban J connectivity index is 1.64. The smallest absolute Gasteiger partial charge is 0.321 e. The van der Waals surface area contributed by atoms with Crippen LogP contribution >= 0.6 is 0 Å². The molecule has 3 aliphatic heterocycles. The molecule has 3 aliphatic rings. The van der Waals surface area contributed by atoms with E-state index in [1.165, 1.54) is 19.4 Å². The topological polar surface area (TPSA) is 52.7 Å². The molecule has 5 nitrogen and oxygen atoms in total. The number of nitrogens with zero attached hydrogens (tertiary/aromatic N) is 2. The van der Waals surface area contributed by atoms with Gasteiger partial charge < -0.3 is 9.80 Å². The van der Waals surface area contributed by atoms with Crippen molar-refractivity contribution >= 4 is 11.9 Å². The Hall–Kier alpha value is -1.10. The number of hydrogen-bond acceptors (Lipinski definition) is 3. The number of imide groups is 1. The Morgan fingerprint density at radius 2 is 1.94 bits per heavy atom. The Bertz CT molecular complexity index is 345. The van der Waals surface area contributed by atoms with Crippen LogP contribution in [0.3, 0.4) is 0 Å². The van der Waals surface area contributed by atoms with Gasteiger partial charge in [-0.15, -0.1) is 0 Å². The highest BCUT2D eigenvalue weighted by Gasteiger charge is 2.37. The lowest BCUT2D eigenvalue weighted by Gasteiger charge is -2.41. The highest BCUT2D eigenvalue weighted by molar-refractivity contribution is 5.96. The first-order valence-electron chi connectivity index (χ1n) is 6.58. The summed E-state index contributed by atoms with van der Waals surface area (Å²) in [6, 6.07) is 0.819. The SMILES string of the molecule is O=C1CCN(C2CCN3CCCC3C2)C(=O)N1. The summed E-state index contributed by atoms with van der Waals surface area (Å²) in [6.45, 7) is 2.93. The van der Waals surface area contributed by atoms with E-state index in [1.807, 2.05) is 4.90 Å². The summed E-state index contributed by atoms with van der Waals surface area (Å²) in [5, 5.41) is 2.42. The molecule has 3 rings (SSSR count). The molecule has 0 saturated carbocycles.